The molecule has 2 heterocycles. The second kappa shape index (κ2) is 15.4. The van der Waals surface area contributed by atoms with Gasteiger partial charge in [0.2, 0.25) is 5.91 Å². The number of anilines is 1. The maximum Gasteiger partial charge on any atom is 0.303 e. The fraction of sp³-hybridized carbons (Fsp3) is 0.438. The van der Waals surface area contributed by atoms with E-state index in [1.54, 1.807) is 13.2 Å². The molecule has 0 aliphatic carbocycles. The number of hydrogen-bond donors (Lipinski definition) is 3. The second-order valence-electron chi connectivity index (χ2n) is 11.3. The number of carbonyl (C=O) groups is 1. The summed E-state index contributed by atoms with van der Waals surface area (Å²) in [5, 5.41) is 6.28. The molecule has 0 fully saturated rings. The molecular formula is C32H44N6O4S. The molecule has 1 unspecified atom stereocenters. The lowest BCUT2D eigenvalue weighted by Gasteiger charge is -2.25. The third kappa shape index (κ3) is 9.57. The Balaban J connectivity index is 1.47. The lowest BCUT2D eigenvalue weighted by Crippen LogP contribution is -2.48. The highest BCUT2D eigenvalue weighted by Gasteiger charge is 2.22. The van der Waals surface area contributed by atoms with Crippen LogP contribution < -0.4 is 20.4 Å². The molecule has 3 aromatic rings. The fourth-order valence-electron chi connectivity index (χ4n) is 5.03. The van der Waals surface area contributed by atoms with Crippen LogP contribution in [0.3, 0.4) is 0 Å². The summed E-state index contributed by atoms with van der Waals surface area (Å²) in [7, 11) is 0.995. The first-order chi connectivity index (χ1) is 20.6. The van der Waals surface area contributed by atoms with Gasteiger partial charge in [-0.1, -0.05) is 36.4 Å². The zero-order chi connectivity index (χ0) is 30.8. The van der Waals surface area contributed by atoms with Gasteiger partial charge in [-0.15, -0.1) is 0 Å². The Morgan fingerprint density at radius 1 is 1.00 bits per heavy atom. The van der Waals surface area contributed by atoms with Gasteiger partial charge in [-0.25, -0.2) is 0 Å². The molecule has 232 valence electrons. The van der Waals surface area contributed by atoms with Crippen molar-refractivity contribution >= 4 is 21.8 Å². The van der Waals surface area contributed by atoms with Crippen LogP contribution in [0.15, 0.2) is 66.9 Å². The summed E-state index contributed by atoms with van der Waals surface area (Å²) in [6.45, 7) is 2.97. The number of hydroxylamine groups is 1. The lowest BCUT2D eigenvalue weighted by molar-refractivity contribution is -0.123. The third-order valence-electron chi connectivity index (χ3n) is 7.59. The van der Waals surface area contributed by atoms with E-state index in [2.05, 4.69) is 51.4 Å². The number of nitrogens with one attached hydrogen (secondary N) is 3. The molecule has 0 saturated heterocycles. The summed E-state index contributed by atoms with van der Waals surface area (Å²) in [4.78, 5) is 23.0. The molecule has 1 aliphatic rings. The molecule has 0 radical (unpaired) electrons. The van der Waals surface area contributed by atoms with Crippen molar-refractivity contribution in [2.75, 3.05) is 32.0 Å². The summed E-state index contributed by atoms with van der Waals surface area (Å²) >= 11 is 0. The van der Waals surface area contributed by atoms with Crippen molar-refractivity contribution in [3.8, 4) is 0 Å². The summed E-state index contributed by atoms with van der Waals surface area (Å²) in [6, 6.07) is 19.6. The highest BCUT2D eigenvalue weighted by atomic mass is 32.2. The third-order valence-corrected chi connectivity index (χ3v) is 9.41. The van der Waals surface area contributed by atoms with Crippen LogP contribution in [0.5, 0.6) is 0 Å². The molecule has 0 spiro atoms. The van der Waals surface area contributed by atoms with Crippen LogP contribution in [0, 0.1) is 0 Å². The largest absolute Gasteiger partial charge is 0.349 e. The van der Waals surface area contributed by atoms with Crippen LogP contribution in [0.25, 0.3) is 0 Å². The van der Waals surface area contributed by atoms with Crippen molar-refractivity contribution in [3.63, 3.8) is 0 Å². The van der Waals surface area contributed by atoms with E-state index in [-0.39, 0.29) is 18.6 Å². The van der Waals surface area contributed by atoms with E-state index in [4.69, 9.17) is 4.84 Å². The number of pyridine rings is 1. The average Bonchev–Trinajstić information content (AvgIpc) is 3.00. The number of fused-ring (bicyclic) bond motifs is 4. The van der Waals surface area contributed by atoms with Crippen molar-refractivity contribution in [2.45, 2.75) is 64.3 Å². The number of aryl methyl sites for hydroxylation is 2. The predicted molar refractivity (Wildman–Crippen MR) is 170 cm³/mol. The molecule has 43 heavy (non-hydrogen) atoms. The van der Waals surface area contributed by atoms with E-state index in [9.17, 15) is 13.2 Å². The van der Waals surface area contributed by atoms with Gasteiger partial charge in [-0.05, 0) is 85.5 Å². The number of aromatic nitrogens is 1. The van der Waals surface area contributed by atoms with E-state index in [1.165, 1.54) is 33.8 Å². The monoisotopic (exact) mass is 608 g/mol. The van der Waals surface area contributed by atoms with Gasteiger partial charge in [-0.3, -0.25) is 18.9 Å². The summed E-state index contributed by atoms with van der Waals surface area (Å²) in [5.41, 5.74) is 9.05. The fourth-order valence-corrected chi connectivity index (χ4v) is 5.89. The van der Waals surface area contributed by atoms with E-state index in [0.29, 0.717) is 25.2 Å². The minimum absolute atomic E-state index is 0.105. The number of carbonyl (C=O) groups excluding carboxylic acids is 1. The van der Waals surface area contributed by atoms with Gasteiger partial charge in [-0.2, -0.15) is 18.2 Å². The molecule has 2 atom stereocenters. The SMILES string of the molecule is C[C@H](NCC1Cc2cccc(c2)CCCCc2cc(cc(N(C)S(=O)(=O)N(C)C)c2)CON1)C(=O)NCc1ccccn1. The van der Waals surface area contributed by atoms with Crippen LogP contribution in [0.2, 0.25) is 0 Å². The molecule has 1 aliphatic heterocycles. The Hall–Kier alpha value is -3.35. The molecule has 4 bridgehead atoms. The van der Waals surface area contributed by atoms with E-state index in [1.807, 2.05) is 37.3 Å². The Morgan fingerprint density at radius 2 is 1.72 bits per heavy atom. The first-order valence-corrected chi connectivity index (χ1v) is 16.2. The first-order valence-electron chi connectivity index (χ1n) is 14.8. The average molecular weight is 609 g/mol. The Morgan fingerprint density at radius 3 is 2.47 bits per heavy atom. The number of rotatable bonds is 9. The molecular weight excluding hydrogens is 564 g/mol. The lowest BCUT2D eigenvalue weighted by atomic mass is 9.99. The Bertz CT molecular complexity index is 1450. The van der Waals surface area contributed by atoms with Crippen LogP contribution >= 0.6 is 0 Å². The molecule has 4 rings (SSSR count). The topological polar surface area (TPSA) is 116 Å². The zero-order valence-electron chi connectivity index (χ0n) is 25.5. The maximum absolute atomic E-state index is 12.8. The van der Waals surface area contributed by atoms with E-state index in [0.717, 1.165) is 42.5 Å². The summed E-state index contributed by atoms with van der Waals surface area (Å²) < 4.78 is 28.2. The number of amides is 1. The molecule has 10 nitrogen and oxygen atoms in total. The Labute approximate surface area is 256 Å². The Kier molecular flexibility index (Phi) is 11.7. The quantitative estimate of drug-likeness (QED) is 0.342. The first kappa shape index (κ1) is 32.6. The molecule has 3 N–H and O–H groups in total. The molecule has 11 heteroatoms. The number of benzene rings is 2. The molecule has 2 aromatic carbocycles. The maximum atomic E-state index is 12.8. The summed E-state index contributed by atoms with van der Waals surface area (Å²) in [6.07, 6.45) is 6.24. The predicted octanol–water partition coefficient (Wildman–Crippen LogP) is 3.13. The number of nitrogens with zero attached hydrogens (tertiary/aromatic N) is 3. The highest BCUT2D eigenvalue weighted by Crippen LogP contribution is 2.24. The van der Waals surface area contributed by atoms with Gasteiger partial charge < -0.3 is 10.6 Å². The van der Waals surface area contributed by atoms with Gasteiger partial charge in [0, 0.05) is 39.9 Å². The van der Waals surface area contributed by atoms with Crippen molar-refractivity contribution < 1.29 is 18.0 Å². The van der Waals surface area contributed by atoms with Gasteiger partial charge >= 0.3 is 10.2 Å². The van der Waals surface area contributed by atoms with Crippen molar-refractivity contribution in [1.82, 2.24) is 25.4 Å². The zero-order valence-corrected chi connectivity index (χ0v) is 26.4. The van der Waals surface area contributed by atoms with Crippen molar-refractivity contribution in [3.05, 3.63) is 94.8 Å². The normalized spacial score (nSPS) is 17.0. The van der Waals surface area contributed by atoms with Crippen LogP contribution in [-0.2, 0) is 52.3 Å². The molecule has 0 saturated carbocycles. The van der Waals surface area contributed by atoms with Gasteiger partial charge in [0.05, 0.1) is 30.6 Å². The van der Waals surface area contributed by atoms with Crippen LogP contribution in [0.4, 0.5) is 5.69 Å². The standard InChI is InChI=1S/C32H44N6O4S/c1-24(32(39)35-21-29-14-7-8-15-33-29)34-22-30-18-26-13-9-12-25(16-26)10-5-6-11-27-17-28(23-42-36-30)20-31(19-27)38(4)43(40,41)37(2)3/h7-9,12-17,19-20,24,30,34,36H,5-6,10-11,18,21-23H2,1-4H3,(H,35,39)/t24-,30?/m0/s1. The van der Waals surface area contributed by atoms with Crippen molar-refractivity contribution in [2.24, 2.45) is 0 Å². The van der Waals surface area contributed by atoms with Gasteiger partial charge in [0.15, 0.2) is 0 Å². The van der Waals surface area contributed by atoms with Crippen molar-refractivity contribution in [1.29, 1.82) is 0 Å². The van der Waals surface area contributed by atoms with E-state index < -0.39 is 16.3 Å². The van der Waals surface area contributed by atoms with Crippen LogP contribution in [0.1, 0.15) is 47.7 Å². The second-order valence-corrected chi connectivity index (χ2v) is 13.4. The van der Waals surface area contributed by atoms with Gasteiger partial charge in [0.1, 0.15) is 0 Å². The summed E-state index contributed by atoms with van der Waals surface area (Å²) in [5.74, 6) is -0.105. The van der Waals surface area contributed by atoms with E-state index >= 15 is 0 Å². The minimum Gasteiger partial charge on any atom is -0.349 e. The molecule has 1 amide bonds. The highest BCUT2D eigenvalue weighted by molar-refractivity contribution is 7.90. The van der Waals surface area contributed by atoms with Gasteiger partial charge in [0.25, 0.3) is 0 Å². The number of hydrogen-bond acceptors (Lipinski definition) is 7. The molecule has 1 aromatic heterocycles. The minimum atomic E-state index is -3.63. The van der Waals surface area contributed by atoms with Crippen LogP contribution in [-0.4, -0.2) is 63.4 Å². The smallest absolute Gasteiger partial charge is 0.303 e.